The molecule has 0 bridgehead atoms. The molecule has 0 spiro atoms. The number of hydrogen-bond donors (Lipinski definition) is 0. The molecule has 4 heteroatoms. The molecule has 1 fully saturated rings. The third-order valence-corrected chi connectivity index (χ3v) is 5.42. The van der Waals surface area contributed by atoms with Crippen molar-refractivity contribution in [3.63, 3.8) is 0 Å². The standard InChI is InChI=1S/C11H16BrNS2/c1-9-4-6-14-7-5-13(9)8-10-2-3-11(12)15-10/h2-3,9H,4-8H2,1H3. The summed E-state index contributed by atoms with van der Waals surface area (Å²) in [6.07, 6.45) is 1.33. The summed E-state index contributed by atoms with van der Waals surface area (Å²) < 4.78 is 1.24. The molecule has 0 saturated carbocycles. The summed E-state index contributed by atoms with van der Waals surface area (Å²) in [4.78, 5) is 4.08. The number of halogens is 1. The van der Waals surface area contributed by atoms with Crippen LogP contribution in [0.15, 0.2) is 15.9 Å². The third-order valence-electron chi connectivity index (χ3n) is 2.81. The van der Waals surface area contributed by atoms with Crippen molar-refractivity contribution in [1.29, 1.82) is 0 Å². The van der Waals surface area contributed by atoms with Gasteiger partial charge in [0.05, 0.1) is 3.79 Å². The van der Waals surface area contributed by atoms with Gasteiger partial charge in [-0.3, -0.25) is 4.90 Å². The lowest BCUT2D eigenvalue weighted by Gasteiger charge is -2.25. The van der Waals surface area contributed by atoms with E-state index in [9.17, 15) is 0 Å². The third kappa shape index (κ3) is 3.48. The molecule has 1 nitrogen and oxygen atoms in total. The van der Waals surface area contributed by atoms with Gasteiger partial charge in [0, 0.05) is 29.8 Å². The maximum Gasteiger partial charge on any atom is 0.0701 e. The Labute approximate surface area is 108 Å². The first-order valence-electron chi connectivity index (χ1n) is 5.32. The van der Waals surface area contributed by atoms with Crippen molar-refractivity contribution in [3.8, 4) is 0 Å². The number of nitrogens with zero attached hydrogens (tertiary/aromatic N) is 1. The molecule has 2 heterocycles. The normalized spacial score (nSPS) is 24.0. The highest BCUT2D eigenvalue weighted by atomic mass is 79.9. The van der Waals surface area contributed by atoms with Crippen LogP contribution in [-0.4, -0.2) is 29.0 Å². The Kier molecular flexibility index (Phi) is 4.55. The lowest BCUT2D eigenvalue weighted by atomic mass is 10.2. The molecule has 1 atom stereocenters. The average Bonchev–Trinajstić information content (AvgIpc) is 2.50. The van der Waals surface area contributed by atoms with E-state index in [-0.39, 0.29) is 0 Å². The van der Waals surface area contributed by atoms with Gasteiger partial charge in [0.2, 0.25) is 0 Å². The van der Waals surface area contributed by atoms with E-state index in [1.54, 1.807) is 0 Å². The van der Waals surface area contributed by atoms with Gasteiger partial charge in [0.15, 0.2) is 0 Å². The molecule has 84 valence electrons. The molecule has 15 heavy (non-hydrogen) atoms. The lowest BCUT2D eigenvalue weighted by Crippen LogP contribution is -2.32. The first-order chi connectivity index (χ1) is 7.25. The van der Waals surface area contributed by atoms with Gasteiger partial charge < -0.3 is 0 Å². The van der Waals surface area contributed by atoms with E-state index in [1.807, 2.05) is 11.3 Å². The largest absolute Gasteiger partial charge is 0.295 e. The second-order valence-corrected chi connectivity index (χ2v) is 7.70. The highest BCUT2D eigenvalue weighted by Crippen LogP contribution is 2.25. The zero-order valence-corrected chi connectivity index (χ0v) is 12.1. The minimum Gasteiger partial charge on any atom is -0.295 e. The summed E-state index contributed by atoms with van der Waals surface area (Å²) in [6, 6.07) is 5.12. The molecule has 1 saturated heterocycles. The van der Waals surface area contributed by atoms with E-state index in [0.717, 1.165) is 12.6 Å². The molecule has 1 unspecified atom stereocenters. The summed E-state index contributed by atoms with van der Waals surface area (Å²) >= 11 is 7.47. The number of thiophene rings is 1. The van der Waals surface area contributed by atoms with Crippen molar-refractivity contribution >= 4 is 39.0 Å². The van der Waals surface area contributed by atoms with Gasteiger partial charge in [-0.15, -0.1) is 11.3 Å². The second-order valence-electron chi connectivity index (χ2n) is 3.93. The van der Waals surface area contributed by atoms with E-state index in [2.05, 4.69) is 51.6 Å². The van der Waals surface area contributed by atoms with Crippen molar-refractivity contribution in [1.82, 2.24) is 4.90 Å². The Morgan fingerprint density at radius 2 is 2.33 bits per heavy atom. The van der Waals surface area contributed by atoms with E-state index >= 15 is 0 Å². The fraction of sp³-hybridized carbons (Fsp3) is 0.636. The second kappa shape index (κ2) is 5.71. The van der Waals surface area contributed by atoms with E-state index in [1.165, 1.54) is 33.1 Å². The molecule has 1 aliphatic rings. The predicted molar refractivity (Wildman–Crippen MR) is 73.8 cm³/mol. The Bertz CT molecular complexity index is 313. The zero-order chi connectivity index (χ0) is 10.7. The van der Waals surface area contributed by atoms with Gasteiger partial charge in [0.25, 0.3) is 0 Å². The molecular formula is C11H16BrNS2. The molecule has 0 aliphatic carbocycles. The van der Waals surface area contributed by atoms with Crippen LogP contribution in [0.4, 0.5) is 0 Å². The molecule has 0 amide bonds. The van der Waals surface area contributed by atoms with Gasteiger partial charge in [-0.2, -0.15) is 11.8 Å². The molecule has 1 aliphatic heterocycles. The first-order valence-corrected chi connectivity index (χ1v) is 8.08. The summed E-state index contributed by atoms with van der Waals surface area (Å²) in [5.74, 6) is 2.61. The number of thioether (sulfide) groups is 1. The van der Waals surface area contributed by atoms with Crippen molar-refractivity contribution in [2.24, 2.45) is 0 Å². The van der Waals surface area contributed by atoms with Crippen LogP contribution < -0.4 is 0 Å². The summed E-state index contributed by atoms with van der Waals surface area (Å²) in [7, 11) is 0. The monoisotopic (exact) mass is 305 g/mol. The number of rotatable bonds is 2. The molecule has 0 N–H and O–H groups in total. The van der Waals surface area contributed by atoms with Crippen LogP contribution in [0.5, 0.6) is 0 Å². The Balaban J connectivity index is 1.97. The summed E-state index contributed by atoms with van der Waals surface area (Å²) in [6.45, 7) is 4.72. The lowest BCUT2D eigenvalue weighted by molar-refractivity contribution is 0.214. The average molecular weight is 306 g/mol. The van der Waals surface area contributed by atoms with Crippen molar-refractivity contribution in [3.05, 3.63) is 20.8 Å². The minimum atomic E-state index is 0.737. The van der Waals surface area contributed by atoms with Crippen molar-refractivity contribution in [2.75, 3.05) is 18.1 Å². The molecule has 1 aromatic heterocycles. The van der Waals surface area contributed by atoms with Gasteiger partial charge in [-0.1, -0.05) is 0 Å². The zero-order valence-electron chi connectivity index (χ0n) is 8.91. The predicted octanol–water partition coefficient (Wildman–Crippen LogP) is 3.84. The highest BCUT2D eigenvalue weighted by Gasteiger charge is 2.17. The van der Waals surface area contributed by atoms with Gasteiger partial charge >= 0.3 is 0 Å². The van der Waals surface area contributed by atoms with Gasteiger partial charge in [0.1, 0.15) is 0 Å². The summed E-state index contributed by atoms with van der Waals surface area (Å²) in [5.41, 5.74) is 0. The molecule has 0 aromatic carbocycles. The topological polar surface area (TPSA) is 3.24 Å². The van der Waals surface area contributed by atoms with Crippen molar-refractivity contribution in [2.45, 2.75) is 25.9 Å². The highest BCUT2D eigenvalue weighted by molar-refractivity contribution is 9.11. The Hall–Kier alpha value is 0.490. The van der Waals surface area contributed by atoms with Crippen molar-refractivity contribution < 1.29 is 0 Å². The van der Waals surface area contributed by atoms with Crippen LogP contribution in [0.3, 0.4) is 0 Å². The fourth-order valence-electron chi connectivity index (χ4n) is 1.81. The van der Waals surface area contributed by atoms with Crippen LogP contribution in [0.2, 0.25) is 0 Å². The maximum absolute atomic E-state index is 3.52. The molecule has 2 rings (SSSR count). The van der Waals surface area contributed by atoms with Crippen LogP contribution >= 0.6 is 39.0 Å². The van der Waals surface area contributed by atoms with Crippen LogP contribution in [0.1, 0.15) is 18.2 Å². The van der Waals surface area contributed by atoms with E-state index in [0.29, 0.717) is 0 Å². The van der Waals surface area contributed by atoms with Crippen LogP contribution in [0, 0.1) is 0 Å². The quantitative estimate of drug-likeness (QED) is 0.817. The first kappa shape index (κ1) is 12.0. The van der Waals surface area contributed by atoms with Gasteiger partial charge in [-0.25, -0.2) is 0 Å². The van der Waals surface area contributed by atoms with Crippen LogP contribution in [0.25, 0.3) is 0 Å². The van der Waals surface area contributed by atoms with Gasteiger partial charge in [-0.05, 0) is 47.2 Å². The Morgan fingerprint density at radius 3 is 3.07 bits per heavy atom. The van der Waals surface area contributed by atoms with Crippen LogP contribution in [-0.2, 0) is 6.54 Å². The molecule has 0 radical (unpaired) electrons. The van der Waals surface area contributed by atoms with E-state index in [4.69, 9.17) is 0 Å². The fourth-order valence-corrected chi connectivity index (χ4v) is 4.40. The SMILES string of the molecule is CC1CCSCCN1Cc1ccc(Br)s1. The maximum atomic E-state index is 3.52. The smallest absolute Gasteiger partial charge is 0.0701 e. The molecular weight excluding hydrogens is 290 g/mol. The minimum absolute atomic E-state index is 0.737. The summed E-state index contributed by atoms with van der Waals surface area (Å²) in [5, 5.41) is 0. The van der Waals surface area contributed by atoms with E-state index < -0.39 is 0 Å². The number of hydrogen-bond acceptors (Lipinski definition) is 3. The molecule has 1 aromatic rings. The Morgan fingerprint density at radius 1 is 1.47 bits per heavy atom.